The lowest BCUT2D eigenvalue weighted by molar-refractivity contribution is -0.136. The van der Waals surface area contributed by atoms with Gasteiger partial charge in [-0.05, 0) is 24.5 Å². The number of imide groups is 1. The first-order chi connectivity index (χ1) is 13.5. The lowest BCUT2D eigenvalue weighted by Crippen LogP contribution is -2.53. The number of ether oxygens (including phenoxy) is 1. The first kappa shape index (κ1) is 19.0. The minimum absolute atomic E-state index is 0.135. The molecule has 0 spiro atoms. The van der Waals surface area contributed by atoms with Crippen LogP contribution in [0.5, 0.6) is 0 Å². The van der Waals surface area contributed by atoms with Gasteiger partial charge in [0.15, 0.2) is 0 Å². The van der Waals surface area contributed by atoms with Gasteiger partial charge >= 0.3 is 0 Å². The van der Waals surface area contributed by atoms with Gasteiger partial charge in [0.25, 0.3) is 5.91 Å². The lowest BCUT2D eigenvalue weighted by Gasteiger charge is -2.34. The SMILES string of the molecule is CC1(CNCc2cccc3c2C(=O)N(C2CCC(=O)NC2=O)C3)CNCCO1. The summed E-state index contributed by atoms with van der Waals surface area (Å²) >= 11 is 0. The molecule has 3 amide bonds. The normalized spacial score (nSPS) is 27.7. The summed E-state index contributed by atoms with van der Waals surface area (Å²) in [5, 5.41) is 9.09. The molecule has 1 aromatic carbocycles. The van der Waals surface area contributed by atoms with Crippen molar-refractivity contribution in [3.8, 4) is 0 Å². The van der Waals surface area contributed by atoms with Gasteiger partial charge in [0.2, 0.25) is 11.8 Å². The Hall–Kier alpha value is -2.29. The van der Waals surface area contributed by atoms with E-state index in [4.69, 9.17) is 4.74 Å². The van der Waals surface area contributed by atoms with Crippen molar-refractivity contribution in [3.63, 3.8) is 0 Å². The molecule has 8 heteroatoms. The van der Waals surface area contributed by atoms with Crippen molar-refractivity contribution < 1.29 is 19.1 Å². The first-order valence-electron chi connectivity index (χ1n) is 9.78. The molecule has 3 aliphatic heterocycles. The third kappa shape index (κ3) is 3.67. The Morgan fingerprint density at radius 2 is 2.18 bits per heavy atom. The van der Waals surface area contributed by atoms with E-state index in [2.05, 4.69) is 22.9 Å². The largest absolute Gasteiger partial charge is 0.371 e. The fraction of sp³-hybridized carbons (Fsp3) is 0.550. The van der Waals surface area contributed by atoms with Crippen LogP contribution in [-0.4, -0.2) is 60.5 Å². The van der Waals surface area contributed by atoms with Gasteiger partial charge in [-0.3, -0.25) is 19.7 Å². The second kappa shape index (κ2) is 7.62. The molecule has 28 heavy (non-hydrogen) atoms. The number of benzene rings is 1. The van der Waals surface area contributed by atoms with E-state index in [-0.39, 0.29) is 29.7 Å². The topological polar surface area (TPSA) is 99.8 Å². The van der Waals surface area contributed by atoms with E-state index >= 15 is 0 Å². The maximum Gasteiger partial charge on any atom is 0.255 e. The Balaban J connectivity index is 1.44. The molecule has 2 atom stereocenters. The van der Waals surface area contributed by atoms with Gasteiger partial charge in [-0.1, -0.05) is 18.2 Å². The predicted octanol–water partition coefficient (Wildman–Crippen LogP) is -0.0843. The molecule has 2 unspecified atom stereocenters. The number of nitrogens with zero attached hydrogens (tertiary/aromatic N) is 1. The Bertz CT molecular complexity index is 803. The highest BCUT2D eigenvalue weighted by Gasteiger charge is 2.40. The van der Waals surface area contributed by atoms with Gasteiger partial charge in [-0.2, -0.15) is 0 Å². The van der Waals surface area contributed by atoms with Gasteiger partial charge in [-0.15, -0.1) is 0 Å². The summed E-state index contributed by atoms with van der Waals surface area (Å²) in [6, 6.07) is 5.23. The zero-order valence-corrected chi connectivity index (χ0v) is 16.0. The molecule has 2 fully saturated rings. The molecule has 0 radical (unpaired) electrons. The minimum atomic E-state index is -0.584. The van der Waals surface area contributed by atoms with Crippen LogP contribution >= 0.6 is 0 Å². The first-order valence-corrected chi connectivity index (χ1v) is 9.78. The van der Waals surface area contributed by atoms with Crippen molar-refractivity contribution in [1.82, 2.24) is 20.9 Å². The predicted molar refractivity (Wildman–Crippen MR) is 101 cm³/mol. The van der Waals surface area contributed by atoms with Gasteiger partial charge in [-0.25, -0.2) is 0 Å². The Labute approximate surface area is 164 Å². The standard InChI is InChI=1S/C20H26N4O4/c1-20(11-21-7-8-28-20)12-22-9-13-3-2-4-14-10-24(19(27)17(13)14)15-5-6-16(25)23-18(15)26/h2-4,15,21-22H,5-12H2,1H3,(H,23,25,26). The molecule has 8 nitrogen and oxygen atoms in total. The molecule has 3 N–H and O–H groups in total. The van der Waals surface area contributed by atoms with Gasteiger partial charge in [0.1, 0.15) is 6.04 Å². The van der Waals surface area contributed by atoms with Crippen LogP contribution in [0.1, 0.15) is 41.3 Å². The second-order valence-electron chi connectivity index (χ2n) is 7.93. The quantitative estimate of drug-likeness (QED) is 0.612. The summed E-state index contributed by atoms with van der Waals surface area (Å²) in [6.07, 6.45) is 0.637. The molecular weight excluding hydrogens is 360 g/mol. The number of morpholine rings is 1. The van der Waals surface area contributed by atoms with Crippen molar-refractivity contribution in [3.05, 3.63) is 34.9 Å². The highest BCUT2D eigenvalue weighted by Crippen LogP contribution is 2.29. The number of hydrogen-bond donors (Lipinski definition) is 3. The monoisotopic (exact) mass is 386 g/mol. The molecule has 0 bridgehead atoms. The number of hydrogen-bond acceptors (Lipinski definition) is 6. The van der Waals surface area contributed by atoms with Crippen molar-refractivity contribution in [2.45, 2.75) is 44.5 Å². The molecule has 150 valence electrons. The maximum atomic E-state index is 13.1. The van der Waals surface area contributed by atoms with E-state index in [0.29, 0.717) is 38.2 Å². The molecule has 2 saturated heterocycles. The third-order valence-corrected chi connectivity index (χ3v) is 5.68. The van der Waals surface area contributed by atoms with Gasteiger partial charge in [0.05, 0.1) is 12.2 Å². The molecule has 4 rings (SSSR count). The van der Waals surface area contributed by atoms with Crippen molar-refractivity contribution >= 4 is 17.7 Å². The number of carbonyl (C=O) groups excluding carboxylic acids is 3. The summed E-state index contributed by atoms with van der Waals surface area (Å²) in [5.74, 6) is -0.793. The van der Waals surface area contributed by atoms with Crippen LogP contribution in [-0.2, 0) is 27.4 Å². The number of nitrogens with one attached hydrogen (secondary N) is 3. The molecule has 0 aromatic heterocycles. The number of fused-ring (bicyclic) bond motifs is 1. The zero-order valence-electron chi connectivity index (χ0n) is 16.0. The number of rotatable bonds is 5. The molecule has 0 saturated carbocycles. The average Bonchev–Trinajstić information content (AvgIpc) is 3.00. The van der Waals surface area contributed by atoms with Crippen LogP contribution in [0.25, 0.3) is 0 Å². The van der Waals surface area contributed by atoms with Crippen LogP contribution in [0.3, 0.4) is 0 Å². The van der Waals surface area contributed by atoms with E-state index in [9.17, 15) is 14.4 Å². The number of amides is 3. The maximum absolute atomic E-state index is 13.1. The van der Waals surface area contributed by atoms with E-state index in [1.165, 1.54) is 0 Å². The van der Waals surface area contributed by atoms with Crippen LogP contribution in [0, 0.1) is 0 Å². The van der Waals surface area contributed by atoms with Gasteiger partial charge in [0, 0.05) is 44.7 Å². The molecule has 3 heterocycles. The minimum Gasteiger partial charge on any atom is -0.371 e. The molecule has 1 aromatic rings. The summed E-state index contributed by atoms with van der Waals surface area (Å²) in [4.78, 5) is 38.3. The van der Waals surface area contributed by atoms with Crippen molar-refractivity contribution in [2.24, 2.45) is 0 Å². The molecule has 3 aliphatic rings. The summed E-state index contributed by atoms with van der Waals surface area (Å²) in [5.41, 5.74) is 2.26. The van der Waals surface area contributed by atoms with E-state index < -0.39 is 6.04 Å². The second-order valence-corrected chi connectivity index (χ2v) is 7.93. The van der Waals surface area contributed by atoms with Gasteiger partial charge < -0.3 is 20.3 Å². The lowest BCUT2D eigenvalue weighted by atomic mass is 10.0. The van der Waals surface area contributed by atoms with Crippen LogP contribution in [0.2, 0.25) is 0 Å². The van der Waals surface area contributed by atoms with Crippen molar-refractivity contribution in [2.75, 3.05) is 26.2 Å². The smallest absolute Gasteiger partial charge is 0.255 e. The van der Waals surface area contributed by atoms with Crippen LogP contribution in [0.4, 0.5) is 0 Å². The molecule has 0 aliphatic carbocycles. The zero-order chi connectivity index (χ0) is 19.7. The highest BCUT2D eigenvalue weighted by molar-refractivity contribution is 6.05. The highest BCUT2D eigenvalue weighted by atomic mass is 16.5. The van der Waals surface area contributed by atoms with Crippen molar-refractivity contribution in [1.29, 1.82) is 0 Å². The Morgan fingerprint density at radius 3 is 2.93 bits per heavy atom. The summed E-state index contributed by atoms with van der Waals surface area (Å²) < 4.78 is 5.86. The Morgan fingerprint density at radius 1 is 1.32 bits per heavy atom. The van der Waals surface area contributed by atoms with Crippen LogP contribution in [0.15, 0.2) is 18.2 Å². The summed E-state index contributed by atoms with van der Waals surface area (Å²) in [6.45, 7) is 6.04. The third-order valence-electron chi connectivity index (χ3n) is 5.68. The Kier molecular flexibility index (Phi) is 5.18. The average molecular weight is 386 g/mol. The van der Waals surface area contributed by atoms with E-state index in [1.54, 1.807) is 4.90 Å². The van der Waals surface area contributed by atoms with E-state index in [0.717, 1.165) is 24.2 Å². The number of carbonyl (C=O) groups is 3. The number of piperidine rings is 1. The summed E-state index contributed by atoms with van der Waals surface area (Å²) in [7, 11) is 0. The fourth-order valence-corrected chi connectivity index (χ4v) is 4.19. The fourth-order valence-electron chi connectivity index (χ4n) is 4.19. The van der Waals surface area contributed by atoms with Crippen LogP contribution < -0.4 is 16.0 Å². The van der Waals surface area contributed by atoms with E-state index in [1.807, 2.05) is 18.2 Å². The molecular formula is C20H26N4O4.